The number of sulfonamides is 1. The predicted octanol–water partition coefficient (Wildman–Crippen LogP) is 1.51. The van der Waals surface area contributed by atoms with Crippen LogP contribution >= 0.6 is 0 Å². The quantitative estimate of drug-likeness (QED) is 0.584. The van der Waals surface area contributed by atoms with Gasteiger partial charge in [0.15, 0.2) is 5.78 Å². The van der Waals surface area contributed by atoms with Gasteiger partial charge in [0.05, 0.1) is 23.6 Å². The number of aryl methyl sites for hydroxylation is 1. The molecule has 31 heavy (non-hydrogen) atoms. The molecule has 2 aliphatic heterocycles. The first-order valence-corrected chi connectivity index (χ1v) is 11.9. The topological polar surface area (TPSA) is 93.0 Å². The van der Waals surface area contributed by atoms with Crippen LogP contribution < -0.4 is 5.32 Å². The number of aromatic nitrogens is 2. The molecule has 0 spiro atoms. The summed E-state index contributed by atoms with van der Waals surface area (Å²) in [4.78, 5) is 17.0. The maximum Gasteiger partial charge on any atom is 0.243 e. The molecule has 2 unspecified atom stereocenters. The molecule has 0 radical (unpaired) electrons. The van der Waals surface area contributed by atoms with Gasteiger partial charge in [0.1, 0.15) is 5.65 Å². The molecule has 4 heterocycles. The largest absolute Gasteiger partial charge is 0.374 e. The number of ether oxygens (including phenoxy) is 1. The van der Waals surface area contributed by atoms with Gasteiger partial charge in [-0.15, -0.1) is 0 Å². The smallest absolute Gasteiger partial charge is 0.243 e. The Kier molecular flexibility index (Phi) is 5.35. The molecular formula is C22H24N4O4S. The minimum Gasteiger partial charge on any atom is -0.374 e. The molecular weight excluding hydrogens is 416 g/mol. The zero-order valence-corrected chi connectivity index (χ0v) is 17.8. The van der Waals surface area contributed by atoms with Crippen LogP contribution in [0.1, 0.15) is 22.3 Å². The number of ketones is 1. The average Bonchev–Trinajstić information content (AvgIpc) is 3.46. The normalized spacial score (nSPS) is 21.9. The summed E-state index contributed by atoms with van der Waals surface area (Å²) < 4.78 is 35.4. The molecule has 0 aliphatic carbocycles. The summed E-state index contributed by atoms with van der Waals surface area (Å²) in [6, 6.07) is 10.3. The third kappa shape index (κ3) is 3.89. The van der Waals surface area contributed by atoms with Gasteiger partial charge in [-0.3, -0.25) is 4.79 Å². The monoisotopic (exact) mass is 440 g/mol. The van der Waals surface area contributed by atoms with E-state index in [1.807, 2.05) is 16.7 Å². The first kappa shape index (κ1) is 20.3. The van der Waals surface area contributed by atoms with Gasteiger partial charge in [-0.05, 0) is 36.2 Å². The SMILES string of the molecule is O=C(CCc1ccc(S(=O)(=O)N2CCOC3CNCC32)cc1)c1ccc2nccn2c1. The lowest BCUT2D eigenvalue weighted by Crippen LogP contribution is -2.53. The molecule has 2 fully saturated rings. The number of hydrogen-bond donors (Lipinski definition) is 1. The van der Waals surface area contributed by atoms with Gasteiger partial charge in [-0.2, -0.15) is 4.31 Å². The summed E-state index contributed by atoms with van der Waals surface area (Å²) >= 11 is 0. The maximum atomic E-state index is 13.2. The Labute approximate surface area is 180 Å². The standard InChI is InChI=1S/C22H24N4O4S/c27-20(17-4-8-22-24-9-10-25(22)15-17)7-3-16-1-5-18(6-2-16)31(28,29)26-11-12-30-21-14-23-13-19(21)26/h1-2,4-6,8-10,15,19,21,23H,3,7,11-14H2. The van der Waals surface area contributed by atoms with E-state index in [1.165, 1.54) is 0 Å². The van der Waals surface area contributed by atoms with E-state index in [1.54, 1.807) is 47.0 Å². The average molecular weight is 441 g/mol. The molecule has 1 N–H and O–H groups in total. The van der Waals surface area contributed by atoms with E-state index in [2.05, 4.69) is 10.3 Å². The van der Waals surface area contributed by atoms with Crippen molar-refractivity contribution in [3.63, 3.8) is 0 Å². The van der Waals surface area contributed by atoms with Gasteiger partial charge < -0.3 is 14.5 Å². The zero-order chi connectivity index (χ0) is 21.4. The van der Waals surface area contributed by atoms with Gasteiger partial charge in [0.2, 0.25) is 10.0 Å². The molecule has 2 atom stereocenters. The highest BCUT2D eigenvalue weighted by molar-refractivity contribution is 7.89. The van der Waals surface area contributed by atoms with Crippen LogP contribution in [-0.4, -0.2) is 66.3 Å². The van der Waals surface area contributed by atoms with Crippen molar-refractivity contribution in [2.45, 2.75) is 29.9 Å². The Balaban J connectivity index is 1.25. The fraction of sp³-hybridized carbons (Fsp3) is 0.364. The minimum atomic E-state index is -3.58. The lowest BCUT2D eigenvalue weighted by molar-refractivity contribution is -0.0149. The van der Waals surface area contributed by atoms with Gasteiger partial charge >= 0.3 is 0 Å². The van der Waals surface area contributed by atoms with Crippen molar-refractivity contribution in [2.75, 3.05) is 26.2 Å². The van der Waals surface area contributed by atoms with Crippen molar-refractivity contribution in [2.24, 2.45) is 0 Å². The molecule has 5 rings (SSSR count). The number of carbonyl (C=O) groups excluding carboxylic acids is 1. The number of hydrogen-bond acceptors (Lipinski definition) is 6. The first-order chi connectivity index (χ1) is 15.0. The van der Waals surface area contributed by atoms with Crippen LogP contribution in [0.5, 0.6) is 0 Å². The molecule has 0 saturated carbocycles. The van der Waals surface area contributed by atoms with E-state index in [0.29, 0.717) is 44.6 Å². The number of benzene rings is 1. The highest BCUT2D eigenvalue weighted by Gasteiger charge is 2.42. The number of imidazole rings is 1. The molecule has 2 aliphatic rings. The second kappa shape index (κ2) is 8.16. The van der Waals surface area contributed by atoms with E-state index in [-0.39, 0.29) is 22.8 Å². The summed E-state index contributed by atoms with van der Waals surface area (Å²) in [5.74, 6) is 0.0420. The first-order valence-electron chi connectivity index (χ1n) is 10.4. The molecule has 8 nitrogen and oxygen atoms in total. The second-order valence-electron chi connectivity index (χ2n) is 7.93. The van der Waals surface area contributed by atoms with E-state index in [4.69, 9.17) is 4.74 Å². The summed E-state index contributed by atoms with van der Waals surface area (Å²) in [5.41, 5.74) is 2.36. The van der Waals surface area contributed by atoms with Crippen LogP contribution in [0.25, 0.3) is 5.65 Å². The number of nitrogens with one attached hydrogen (secondary N) is 1. The molecule has 9 heteroatoms. The van der Waals surface area contributed by atoms with Crippen molar-refractivity contribution in [1.82, 2.24) is 19.0 Å². The van der Waals surface area contributed by atoms with E-state index >= 15 is 0 Å². The van der Waals surface area contributed by atoms with Crippen molar-refractivity contribution in [3.8, 4) is 0 Å². The number of Topliss-reactive ketones (excluding diaryl/α,β-unsaturated/α-hetero) is 1. The van der Waals surface area contributed by atoms with Crippen LogP contribution in [0, 0.1) is 0 Å². The Morgan fingerprint density at radius 3 is 2.84 bits per heavy atom. The Bertz CT molecular complexity index is 1210. The van der Waals surface area contributed by atoms with Gasteiger partial charge in [0, 0.05) is 50.2 Å². The van der Waals surface area contributed by atoms with Crippen molar-refractivity contribution in [1.29, 1.82) is 0 Å². The second-order valence-corrected chi connectivity index (χ2v) is 9.82. The number of fused-ring (bicyclic) bond motifs is 2. The van der Waals surface area contributed by atoms with Crippen LogP contribution in [0.15, 0.2) is 59.9 Å². The van der Waals surface area contributed by atoms with Crippen molar-refractivity contribution in [3.05, 3.63) is 66.1 Å². The molecule has 2 aromatic heterocycles. The molecule has 0 bridgehead atoms. The fourth-order valence-electron chi connectivity index (χ4n) is 4.31. The summed E-state index contributed by atoms with van der Waals surface area (Å²) in [7, 11) is -3.58. The number of rotatable bonds is 6. The van der Waals surface area contributed by atoms with Gasteiger partial charge in [-0.25, -0.2) is 13.4 Å². The Morgan fingerprint density at radius 2 is 2.00 bits per heavy atom. The molecule has 1 aromatic carbocycles. The van der Waals surface area contributed by atoms with Crippen LogP contribution in [0.4, 0.5) is 0 Å². The zero-order valence-electron chi connectivity index (χ0n) is 17.0. The minimum absolute atomic E-state index is 0.0420. The highest BCUT2D eigenvalue weighted by atomic mass is 32.2. The van der Waals surface area contributed by atoms with E-state index in [0.717, 1.165) is 11.2 Å². The summed E-state index contributed by atoms with van der Waals surface area (Å²) in [6.45, 7) is 2.06. The number of nitrogens with zero attached hydrogens (tertiary/aromatic N) is 3. The number of morpholine rings is 1. The maximum absolute atomic E-state index is 13.2. The predicted molar refractivity (Wildman–Crippen MR) is 115 cm³/mol. The van der Waals surface area contributed by atoms with Crippen LogP contribution in [-0.2, 0) is 21.2 Å². The van der Waals surface area contributed by atoms with E-state index in [9.17, 15) is 13.2 Å². The fourth-order valence-corrected chi connectivity index (χ4v) is 5.94. The van der Waals surface area contributed by atoms with E-state index < -0.39 is 10.0 Å². The van der Waals surface area contributed by atoms with Crippen molar-refractivity contribution >= 4 is 21.5 Å². The van der Waals surface area contributed by atoms with Crippen molar-refractivity contribution < 1.29 is 17.9 Å². The summed E-state index contributed by atoms with van der Waals surface area (Å²) in [5, 5.41) is 3.21. The third-order valence-corrected chi connectivity index (χ3v) is 7.96. The molecule has 0 amide bonds. The van der Waals surface area contributed by atoms with Crippen LogP contribution in [0.3, 0.4) is 0 Å². The molecule has 3 aromatic rings. The molecule has 2 saturated heterocycles. The highest BCUT2D eigenvalue weighted by Crippen LogP contribution is 2.26. The Hall–Kier alpha value is -2.59. The molecule has 162 valence electrons. The van der Waals surface area contributed by atoms with Gasteiger partial charge in [0.25, 0.3) is 0 Å². The number of carbonyl (C=O) groups is 1. The third-order valence-electron chi connectivity index (χ3n) is 6.02. The Morgan fingerprint density at radius 1 is 1.16 bits per heavy atom. The summed E-state index contributed by atoms with van der Waals surface area (Å²) in [6.07, 6.45) is 6.10. The lowest BCUT2D eigenvalue weighted by atomic mass is 10.0. The van der Waals surface area contributed by atoms with Crippen LogP contribution in [0.2, 0.25) is 0 Å². The number of pyridine rings is 1. The van der Waals surface area contributed by atoms with Gasteiger partial charge in [-0.1, -0.05) is 12.1 Å². The lowest BCUT2D eigenvalue weighted by Gasteiger charge is -2.35.